The first-order valence-corrected chi connectivity index (χ1v) is 8.00. The minimum Gasteiger partial charge on any atom is -0.328 e. The zero-order valence-electron chi connectivity index (χ0n) is 13.0. The molecule has 1 amide bonds. The summed E-state index contributed by atoms with van der Waals surface area (Å²) < 4.78 is 0. The van der Waals surface area contributed by atoms with Crippen LogP contribution in [0, 0.1) is 0 Å². The van der Waals surface area contributed by atoms with E-state index in [0.29, 0.717) is 6.42 Å². The molecule has 1 saturated heterocycles. The Morgan fingerprint density at radius 1 is 1.29 bits per heavy atom. The topological polar surface area (TPSA) is 58.4 Å². The van der Waals surface area contributed by atoms with Gasteiger partial charge >= 0.3 is 0 Å². The third-order valence-electron chi connectivity index (χ3n) is 3.98. The fourth-order valence-electron chi connectivity index (χ4n) is 2.63. The Kier molecular flexibility index (Phi) is 6.21. The molecular weight excluding hydrogens is 262 g/mol. The average molecular weight is 289 g/mol. The molecule has 1 aliphatic heterocycles. The molecular formula is C17H27N3O. The number of nitrogens with one attached hydrogen (secondary N) is 1. The molecule has 1 aromatic carbocycles. The van der Waals surface area contributed by atoms with E-state index in [1.54, 1.807) is 0 Å². The van der Waals surface area contributed by atoms with E-state index in [9.17, 15) is 4.79 Å². The molecule has 116 valence electrons. The molecule has 0 bridgehead atoms. The third-order valence-corrected chi connectivity index (χ3v) is 3.98. The quantitative estimate of drug-likeness (QED) is 0.810. The molecule has 3 N–H and O–H groups in total. The first-order valence-electron chi connectivity index (χ1n) is 8.00. The van der Waals surface area contributed by atoms with E-state index in [0.717, 1.165) is 25.1 Å². The zero-order chi connectivity index (χ0) is 15.1. The zero-order valence-corrected chi connectivity index (χ0v) is 13.0. The van der Waals surface area contributed by atoms with Gasteiger partial charge in [-0.1, -0.05) is 12.1 Å². The summed E-state index contributed by atoms with van der Waals surface area (Å²) in [5.41, 5.74) is 7.85. The van der Waals surface area contributed by atoms with Crippen LogP contribution in [0.1, 0.15) is 38.2 Å². The van der Waals surface area contributed by atoms with Gasteiger partial charge in [0.1, 0.15) is 0 Å². The fourth-order valence-corrected chi connectivity index (χ4v) is 2.63. The van der Waals surface area contributed by atoms with Crippen molar-refractivity contribution >= 4 is 11.6 Å². The van der Waals surface area contributed by atoms with Gasteiger partial charge in [-0.2, -0.15) is 0 Å². The number of carbonyl (C=O) groups excluding carboxylic acids is 1. The molecule has 1 heterocycles. The molecule has 2 rings (SSSR count). The van der Waals surface area contributed by atoms with Crippen molar-refractivity contribution in [1.82, 2.24) is 4.90 Å². The second-order valence-corrected chi connectivity index (χ2v) is 6.06. The van der Waals surface area contributed by atoms with Gasteiger partial charge in [-0.15, -0.1) is 0 Å². The van der Waals surface area contributed by atoms with Crippen LogP contribution in [-0.4, -0.2) is 36.5 Å². The monoisotopic (exact) mass is 289 g/mol. The molecule has 1 aromatic rings. The highest BCUT2D eigenvalue weighted by Crippen LogP contribution is 2.13. The van der Waals surface area contributed by atoms with E-state index in [-0.39, 0.29) is 11.9 Å². The molecule has 0 aromatic heterocycles. The Bertz CT molecular complexity index is 436. The number of nitrogens with zero attached hydrogens (tertiary/aromatic N) is 1. The van der Waals surface area contributed by atoms with E-state index in [1.807, 2.05) is 19.1 Å². The summed E-state index contributed by atoms with van der Waals surface area (Å²) in [5.74, 6) is 0.0390. The third kappa shape index (κ3) is 5.86. The maximum absolute atomic E-state index is 11.7. The molecule has 0 saturated carbocycles. The summed E-state index contributed by atoms with van der Waals surface area (Å²) in [6.45, 7) is 5.55. The standard InChI is InChI=1S/C17H27N3O/c1-14(18)4-9-17(21)19-16-7-5-15(6-8-16)10-13-20-11-2-3-12-20/h5-8,14H,2-4,9-13,18H2,1H3,(H,19,21). The maximum Gasteiger partial charge on any atom is 0.224 e. The SMILES string of the molecule is CC(N)CCC(=O)Nc1ccc(CCN2CCCC2)cc1. The van der Waals surface area contributed by atoms with Gasteiger partial charge in [0.15, 0.2) is 0 Å². The van der Waals surface area contributed by atoms with Crippen molar-refractivity contribution in [3.8, 4) is 0 Å². The molecule has 1 atom stereocenters. The van der Waals surface area contributed by atoms with Crippen LogP contribution in [0.4, 0.5) is 5.69 Å². The molecule has 1 unspecified atom stereocenters. The lowest BCUT2D eigenvalue weighted by Crippen LogP contribution is -2.22. The Hall–Kier alpha value is -1.39. The number of anilines is 1. The van der Waals surface area contributed by atoms with Gasteiger partial charge in [0.25, 0.3) is 0 Å². The number of carbonyl (C=O) groups is 1. The fraction of sp³-hybridized carbons (Fsp3) is 0.588. The van der Waals surface area contributed by atoms with Crippen LogP contribution < -0.4 is 11.1 Å². The molecule has 21 heavy (non-hydrogen) atoms. The Balaban J connectivity index is 1.74. The van der Waals surface area contributed by atoms with Crippen LogP contribution >= 0.6 is 0 Å². The Morgan fingerprint density at radius 3 is 2.57 bits per heavy atom. The number of hydrogen-bond acceptors (Lipinski definition) is 3. The number of nitrogens with two attached hydrogens (primary N) is 1. The predicted molar refractivity (Wildman–Crippen MR) is 87.3 cm³/mol. The second-order valence-electron chi connectivity index (χ2n) is 6.06. The van der Waals surface area contributed by atoms with Gasteiger partial charge in [-0.25, -0.2) is 0 Å². The lowest BCUT2D eigenvalue weighted by atomic mass is 10.1. The highest BCUT2D eigenvalue weighted by molar-refractivity contribution is 5.90. The summed E-state index contributed by atoms with van der Waals surface area (Å²) in [6, 6.07) is 8.27. The van der Waals surface area contributed by atoms with E-state index >= 15 is 0 Å². The van der Waals surface area contributed by atoms with E-state index in [2.05, 4.69) is 22.3 Å². The first-order chi connectivity index (χ1) is 10.1. The largest absolute Gasteiger partial charge is 0.328 e. The van der Waals surface area contributed by atoms with Gasteiger partial charge in [0, 0.05) is 24.7 Å². The van der Waals surface area contributed by atoms with Gasteiger partial charge < -0.3 is 16.0 Å². The van der Waals surface area contributed by atoms with Crippen LogP contribution in [0.3, 0.4) is 0 Å². The molecule has 0 aliphatic carbocycles. The minimum absolute atomic E-state index is 0.0390. The van der Waals surface area contributed by atoms with Gasteiger partial charge in [0.2, 0.25) is 5.91 Å². The summed E-state index contributed by atoms with van der Waals surface area (Å²) in [4.78, 5) is 14.2. The number of likely N-dealkylation sites (tertiary alicyclic amines) is 1. The normalized spacial score (nSPS) is 16.9. The van der Waals surface area contributed by atoms with Crippen molar-refractivity contribution in [2.24, 2.45) is 5.73 Å². The van der Waals surface area contributed by atoms with Crippen LogP contribution in [0.2, 0.25) is 0 Å². The molecule has 0 radical (unpaired) electrons. The second kappa shape index (κ2) is 8.15. The van der Waals surface area contributed by atoms with Crippen LogP contribution in [0.25, 0.3) is 0 Å². The molecule has 4 heteroatoms. The van der Waals surface area contributed by atoms with Gasteiger partial charge in [-0.05, 0) is 63.4 Å². The van der Waals surface area contributed by atoms with E-state index < -0.39 is 0 Å². The maximum atomic E-state index is 11.7. The summed E-state index contributed by atoms with van der Waals surface area (Å²) in [5, 5.41) is 2.92. The summed E-state index contributed by atoms with van der Waals surface area (Å²) in [7, 11) is 0. The average Bonchev–Trinajstić information content (AvgIpc) is 2.98. The molecule has 0 spiro atoms. The smallest absolute Gasteiger partial charge is 0.224 e. The molecule has 1 aliphatic rings. The molecule has 1 fully saturated rings. The minimum atomic E-state index is 0.0390. The van der Waals surface area contributed by atoms with Crippen molar-refractivity contribution in [1.29, 1.82) is 0 Å². The summed E-state index contributed by atoms with van der Waals surface area (Å²) >= 11 is 0. The van der Waals surface area contributed by atoms with Crippen molar-refractivity contribution in [3.05, 3.63) is 29.8 Å². The van der Waals surface area contributed by atoms with Gasteiger partial charge in [0.05, 0.1) is 0 Å². The van der Waals surface area contributed by atoms with Gasteiger partial charge in [-0.3, -0.25) is 4.79 Å². The summed E-state index contributed by atoms with van der Waals surface area (Å²) in [6.07, 6.45) is 4.96. The van der Waals surface area contributed by atoms with Crippen molar-refractivity contribution in [3.63, 3.8) is 0 Å². The number of benzene rings is 1. The lowest BCUT2D eigenvalue weighted by Gasteiger charge is -2.14. The number of rotatable bonds is 7. The highest BCUT2D eigenvalue weighted by Gasteiger charge is 2.10. The Morgan fingerprint density at radius 2 is 1.95 bits per heavy atom. The van der Waals surface area contributed by atoms with Crippen LogP contribution in [-0.2, 0) is 11.2 Å². The van der Waals surface area contributed by atoms with Crippen molar-refractivity contribution in [2.75, 3.05) is 25.0 Å². The van der Waals surface area contributed by atoms with Crippen molar-refractivity contribution in [2.45, 2.75) is 45.1 Å². The number of hydrogen-bond donors (Lipinski definition) is 2. The lowest BCUT2D eigenvalue weighted by molar-refractivity contribution is -0.116. The van der Waals surface area contributed by atoms with E-state index in [1.165, 1.54) is 31.5 Å². The first kappa shape index (κ1) is 16.0. The van der Waals surface area contributed by atoms with Crippen LogP contribution in [0.15, 0.2) is 24.3 Å². The molecule has 4 nitrogen and oxygen atoms in total. The van der Waals surface area contributed by atoms with Crippen molar-refractivity contribution < 1.29 is 4.79 Å². The Labute approximate surface area is 127 Å². The highest BCUT2D eigenvalue weighted by atomic mass is 16.1. The van der Waals surface area contributed by atoms with Crippen LogP contribution in [0.5, 0.6) is 0 Å². The van der Waals surface area contributed by atoms with E-state index in [4.69, 9.17) is 5.73 Å². The predicted octanol–water partition coefficient (Wildman–Crippen LogP) is 2.39. The number of amides is 1.